The molecule has 2 heterocycles. The van der Waals surface area contributed by atoms with Crippen molar-refractivity contribution in [2.45, 2.75) is 17.7 Å². The number of esters is 1. The summed E-state index contributed by atoms with van der Waals surface area (Å²) in [4.78, 5) is 25.6. The van der Waals surface area contributed by atoms with Crippen molar-refractivity contribution >= 4 is 27.7 Å². The van der Waals surface area contributed by atoms with Crippen molar-refractivity contribution < 1.29 is 22.7 Å². The van der Waals surface area contributed by atoms with Crippen LogP contribution in [0.3, 0.4) is 0 Å². The number of amides is 1. The van der Waals surface area contributed by atoms with E-state index in [-0.39, 0.29) is 24.0 Å². The standard InChI is InChI=1S/C18H19N3O5S/c1-2-9-19-16(22)12-26-18(23)13-7-10-21(11-8-13)17-14-5-3-4-6-15(14)27(24,25)20-17/h1,3-6,13H,7-12H2,(H,19,22). The molecule has 0 aliphatic carbocycles. The van der Waals surface area contributed by atoms with E-state index in [9.17, 15) is 18.0 Å². The van der Waals surface area contributed by atoms with E-state index < -0.39 is 21.9 Å². The predicted octanol–water partition coefficient (Wildman–Crippen LogP) is 0.140. The van der Waals surface area contributed by atoms with Gasteiger partial charge in [-0.3, -0.25) is 9.59 Å². The molecule has 9 heteroatoms. The Morgan fingerprint density at radius 2 is 2.00 bits per heavy atom. The third kappa shape index (κ3) is 4.11. The van der Waals surface area contributed by atoms with Crippen LogP contribution in [-0.2, 0) is 24.3 Å². The van der Waals surface area contributed by atoms with Crippen molar-refractivity contribution in [3.63, 3.8) is 0 Å². The van der Waals surface area contributed by atoms with Crippen LogP contribution in [-0.4, -0.2) is 57.3 Å². The Morgan fingerprint density at radius 3 is 2.70 bits per heavy atom. The number of ether oxygens (including phenoxy) is 1. The summed E-state index contributed by atoms with van der Waals surface area (Å²) in [5.41, 5.74) is 0.587. The van der Waals surface area contributed by atoms with Crippen molar-refractivity contribution in [3.05, 3.63) is 29.8 Å². The predicted molar refractivity (Wildman–Crippen MR) is 97.3 cm³/mol. The molecule has 0 atom stereocenters. The molecule has 8 nitrogen and oxygen atoms in total. The zero-order chi connectivity index (χ0) is 19.4. The number of hydrogen-bond donors (Lipinski definition) is 1. The van der Waals surface area contributed by atoms with Crippen LogP contribution in [0.5, 0.6) is 0 Å². The van der Waals surface area contributed by atoms with Gasteiger partial charge in [-0.15, -0.1) is 10.8 Å². The molecule has 0 spiro atoms. The Hall–Kier alpha value is -2.86. The minimum Gasteiger partial charge on any atom is -0.455 e. The molecule has 0 bridgehead atoms. The summed E-state index contributed by atoms with van der Waals surface area (Å²) < 4.78 is 33.3. The highest BCUT2D eigenvalue weighted by atomic mass is 32.2. The number of rotatable bonds is 4. The van der Waals surface area contributed by atoms with E-state index in [2.05, 4.69) is 15.6 Å². The van der Waals surface area contributed by atoms with Crippen LogP contribution in [0.2, 0.25) is 0 Å². The van der Waals surface area contributed by atoms with Gasteiger partial charge in [-0.1, -0.05) is 18.1 Å². The van der Waals surface area contributed by atoms with E-state index in [1.54, 1.807) is 18.2 Å². The fraction of sp³-hybridized carbons (Fsp3) is 0.389. The molecule has 0 saturated carbocycles. The van der Waals surface area contributed by atoms with Crippen molar-refractivity contribution in [3.8, 4) is 12.3 Å². The average Bonchev–Trinajstić information content (AvgIpc) is 2.96. The normalized spacial score (nSPS) is 18.2. The number of fused-ring (bicyclic) bond motifs is 1. The molecule has 1 aromatic rings. The largest absolute Gasteiger partial charge is 0.455 e. The SMILES string of the molecule is C#CCNC(=O)COC(=O)C1CCN(C2=NS(=O)(=O)c3ccccc32)CC1. The Kier molecular flexibility index (Phi) is 5.46. The first kappa shape index (κ1) is 18.9. The smallest absolute Gasteiger partial charge is 0.309 e. The molecule has 0 unspecified atom stereocenters. The highest BCUT2D eigenvalue weighted by Gasteiger charge is 2.34. The van der Waals surface area contributed by atoms with Gasteiger partial charge in [-0.2, -0.15) is 8.42 Å². The number of carbonyl (C=O) groups excluding carboxylic acids is 2. The Balaban J connectivity index is 1.56. The van der Waals surface area contributed by atoms with Crippen LogP contribution in [0, 0.1) is 18.3 Å². The number of piperidine rings is 1. The van der Waals surface area contributed by atoms with Crippen molar-refractivity contribution in [1.82, 2.24) is 10.2 Å². The topological polar surface area (TPSA) is 105 Å². The van der Waals surface area contributed by atoms with Crippen molar-refractivity contribution in [2.75, 3.05) is 26.2 Å². The molecular weight excluding hydrogens is 370 g/mol. The van der Waals surface area contributed by atoms with Gasteiger partial charge in [-0.05, 0) is 25.0 Å². The lowest BCUT2D eigenvalue weighted by Gasteiger charge is -2.32. The first-order chi connectivity index (χ1) is 12.9. The van der Waals surface area contributed by atoms with Crippen molar-refractivity contribution in [1.29, 1.82) is 0 Å². The lowest BCUT2D eigenvalue weighted by atomic mass is 9.96. The van der Waals surface area contributed by atoms with E-state index in [1.807, 2.05) is 4.90 Å². The summed E-state index contributed by atoms with van der Waals surface area (Å²) in [6, 6.07) is 6.70. The van der Waals surface area contributed by atoms with Gasteiger partial charge in [0.2, 0.25) is 0 Å². The second kappa shape index (κ2) is 7.80. The van der Waals surface area contributed by atoms with Crippen LogP contribution in [0.25, 0.3) is 0 Å². The van der Waals surface area contributed by atoms with Crippen molar-refractivity contribution in [2.24, 2.45) is 10.3 Å². The minimum absolute atomic E-state index is 0.0846. The maximum absolute atomic E-state index is 12.2. The molecule has 142 valence electrons. The van der Waals surface area contributed by atoms with Crippen LogP contribution in [0.1, 0.15) is 18.4 Å². The van der Waals surface area contributed by atoms with Gasteiger partial charge in [0.05, 0.1) is 12.5 Å². The van der Waals surface area contributed by atoms with E-state index >= 15 is 0 Å². The first-order valence-electron chi connectivity index (χ1n) is 8.48. The van der Waals surface area contributed by atoms with Gasteiger partial charge in [0, 0.05) is 18.7 Å². The maximum Gasteiger partial charge on any atom is 0.309 e. The van der Waals surface area contributed by atoms with Crippen LogP contribution >= 0.6 is 0 Å². The van der Waals surface area contributed by atoms with E-state index in [0.29, 0.717) is 37.3 Å². The second-order valence-corrected chi connectivity index (χ2v) is 7.81. The first-order valence-corrected chi connectivity index (χ1v) is 9.92. The molecule has 1 saturated heterocycles. The molecule has 0 aromatic heterocycles. The number of amidine groups is 1. The Bertz CT molecular complexity index is 925. The molecule has 2 aliphatic heterocycles. The van der Waals surface area contributed by atoms with Crippen LogP contribution in [0.4, 0.5) is 0 Å². The van der Waals surface area contributed by atoms with Gasteiger partial charge < -0.3 is 15.0 Å². The highest BCUT2D eigenvalue weighted by Crippen LogP contribution is 2.29. The van der Waals surface area contributed by atoms with Gasteiger partial charge in [0.1, 0.15) is 4.90 Å². The fourth-order valence-corrected chi connectivity index (χ4v) is 4.33. The average molecular weight is 389 g/mol. The number of likely N-dealkylation sites (tertiary alicyclic amines) is 1. The Morgan fingerprint density at radius 1 is 1.30 bits per heavy atom. The summed E-state index contributed by atoms with van der Waals surface area (Å²) in [5, 5.41) is 2.42. The van der Waals surface area contributed by atoms with Gasteiger partial charge in [0.15, 0.2) is 12.4 Å². The third-order valence-electron chi connectivity index (χ3n) is 4.47. The van der Waals surface area contributed by atoms with Crippen LogP contribution in [0.15, 0.2) is 33.6 Å². The summed E-state index contributed by atoms with van der Waals surface area (Å²) >= 11 is 0. The van der Waals surface area contributed by atoms with E-state index in [4.69, 9.17) is 11.2 Å². The summed E-state index contributed by atoms with van der Waals surface area (Å²) in [7, 11) is -3.66. The zero-order valence-electron chi connectivity index (χ0n) is 14.6. The summed E-state index contributed by atoms with van der Waals surface area (Å²) in [6.07, 6.45) is 6.02. The van der Waals surface area contributed by atoms with Gasteiger partial charge in [0.25, 0.3) is 15.9 Å². The van der Waals surface area contributed by atoms with Gasteiger partial charge >= 0.3 is 5.97 Å². The molecule has 1 fully saturated rings. The fourth-order valence-electron chi connectivity index (χ4n) is 3.10. The lowest BCUT2D eigenvalue weighted by Crippen LogP contribution is -2.41. The number of sulfonamides is 1. The van der Waals surface area contributed by atoms with E-state index in [1.165, 1.54) is 6.07 Å². The third-order valence-corrected chi connectivity index (χ3v) is 5.80. The number of carbonyl (C=O) groups is 2. The lowest BCUT2D eigenvalue weighted by molar-refractivity contribution is -0.153. The quantitative estimate of drug-likeness (QED) is 0.580. The number of terminal acetylenes is 1. The minimum atomic E-state index is -3.66. The summed E-state index contributed by atoms with van der Waals surface area (Å²) in [6.45, 7) is 0.678. The molecule has 2 aliphatic rings. The second-order valence-electron chi connectivity index (χ2n) is 6.24. The molecule has 3 rings (SSSR count). The maximum atomic E-state index is 12.2. The summed E-state index contributed by atoms with van der Waals surface area (Å²) in [5.74, 6) is 1.47. The number of nitrogens with one attached hydrogen (secondary N) is 1. The highest BCUT2D eigenvalue weighted by molar-refractivity contribution is 7.90. The molecule has 1 aromatic carbocycles. The molecule has 1 amide bonds. The van der Waals surface area contributed by atoms with E-state index in [0.717, 1.165) is 0 Å². The number of hydrogen-bond acceptors (Lipinski definition) is 6. The molecule has 27 heavy (non-hydrogen) atoms. The molecule has 1 N–H and O–H groups in total. The number of nitrogens with zero attached hydrogens (tertiary/aromatic N) is 2. The zero-order valence-corrected chi connectivity index (χ0v) is 15.4. The molecular formula is C18H19N3O5S. The van der Waals surface area contributed by atoms with Gasteiger partial charge in [-0.25, -0.2) is 0 Å². The van der Waals surface area contributed by atoms with Crippen LogP contribution < -0.4 is 5.32 Å². The molecule has 0 radical (unpaired) electrons. The monoisotopic (exact) mass is 389 g/mol. The Labute approximate surface area is 157 Å². The number of benzene rings is 1.